The number of nitro groups is 1. The van der Waals surface area contributed by atoms with E-state index in [0.29, 0.717) is 0 Å². The minimum absolute atomic E-state index is 0.0756. The van der Waals surface area contributed by atoms with Crippen LogP contribution < -0.4 is 0 Å². The average Bonchev–Trinajstić information content (AvgIpc) is 2.41. The third-order valence-corrected chi connectivity index (χ3v) is 2.26. The van der Waals surface area contributed by atoms with Crippen LogP contribution in [0.15, 0.2) is 12.4 Å². The molecular formula is C11H7N5O2. The Morgan fingerprint density at radius 1 is 1.39 bits per heavy atom. The molecule has 0 bridgehead atoms. The minimum atomic E-state index is -1.57. The molecule has 0 aliphatic carbocycles. The van der Waals surface area contributed by atoms with Crippen LogP contribution in [0.1, 0.15) is 18.7 Å². The molecule has 0 aliphatic rings. The molecule has 1 aromatic heterocycles. The van der Waals surface area contributed by atoms with Crippen LogP contribution in [0, 0.1) is 45.1 Å². The lowest BCUT2D eigenvalue weighted by atomic mass is 9.85. The molecule has 0 atom stereocenters. The summed E-state index contributed by atoms with van der Waals surface area (Å²) < 4.78 is 0. The summed E-state index contributed by atoms with van der Waals surface area (Å²) in [4.78, 5) is 17.2. The lowest BCUT2D eigenvalue weighted by Crippen LogP contribution is -2.24. The van der Waals surface area contributed by atoms with E-state index in [0.717, 1.165) is 12.4 Å². The molecule has 0 saturated carbocycles. The predicted molar refractivity (Wildman–Crippen MR) is 59.7 cm³/mol. The van der Waals surface area contributed by atoms with Gasteiger partial charge in [0, 0.05) is 6.42 Å². The fourth-order valence-corrected chi connectivity index (χ4v) is 1.24. The molecule has 0 aliphatic heterocycles. The number of hydrogen-bond acceptors (Lipinski definition) is 6. The predicted octanol–water partition coefficient (Wildman–Crippen LogP) is 1.08. The zero-order chi connectivity index (χ0) is 13.6. The normalized spacial score (nSPS) is 9.83. The van der Waals surface area contributed by atoms with Gasteiger partial charge in [0.1, 0.15) is 12.4 Å². The van der Waals surface area contributed by atoms with Gasteiger partial charge in [-0.05, 0) is 6.42 Å². The van der Waals surface area contributed by atoms with Gasteiger partial charge < -0.3 is 0 Å². The van der Waals surface area contributed by atoms with Crippen LogP contribution in [0.4, 0.5) is 5.69 Å². The molecule has 7 nitrogen and oxygen atoms in total. The van der Waals surface area contributed by atoms with Crippen molar-refractivity contribution in [2.45, 2.75) is 18.3 Å². The first kappa shape index (κ1) is 13.1. The summed E-state index contributed by atoms with van der Waals surface area (Å²) in [6.07, 6.45) is 7.30. The first-order chi connectivity index (χ1) is 8.59. The zero-order valence-corrected chi connectivity index (χ0v) is 9.20. The average molecular weight is 241 g/mol. The molecule has 88 valence electrons. The van der Waals surface area contributed by atoms with Crippen molar-refractivity contribution in [1.29, 1.82) is 10.5 Å². The van der Waals surface area contributed by atoms with Crippen molar-refractivity contribution in [3.8, 4) is 24.5 Å². The van der Waals surface area contributed by atoms with Gasteiger partial charge >= 0.3 is 5.69 Å². The number of aromatic nitrogens is 2. The summed E-state index contributed by atoms with van der Waals surface area (Å²) in [6, 6.07) is 3.63. The summed E-state index contributed by atoms with van der Waals surface area (Å²) in [5.41, 5.74) is -1.87. The number of nitrogens with zero attached hydrogens (tertiary/aromatic N) is 5. The van der Waals surface area contributed by atoms with Crippen molar-refractivity contribution < 1.29 is 4.92 Å². The van der Waals surface area contributed by atoms with Crippen LogP contribution in [-0.2, 0) is 5.41 Å². The second-order valence-electron chi connectivity index (χ2n) is 3.36. The molecule has 7 heteroatoms. The van der Waals surface area contributed by atoms with E-state index >= 15 is 0 Å². The molecule has 0 N–H and O–H groups in total. The Balaban J connectivity index is 3.17. The van der Waals surface area contributed by atoms with Gasteiger partial charge in [0.2, 0.25) is 5.41 Å². The van der Waals surface area contributed by atoms with Gasteiger partial charge in [-0.25, -0.2) is 9.97 Å². The van der Waals surface area contributed by atoms with E-state index in [4.69, 9.17) is 16.9 Å². The van der Waals surface area contributed by atoms with Gasteiger partial charge in [-0.3, -0.25) is 10.1 Å². The summed E-state index contributed by atoms with van der Waals surface area (Å²) in [6.45, 7) is 0. The molecule has 0 saturated heterocycles. The first-order valence-corrected chi connectivity index (χ1v) is 4.82. The SMILES string of the molecule is C#CCCC(C#N)(C#N)c1ncc([N+](=O)[O-])cn1. The topological polar surface area (TPSA) is 116 Å². The summed E-state index contributed by atoms with van der Waals surface area (Å²) in [7, 11) is 0. The number of nitriles is 2. The van der Waals surface area contributed by atoms with E-state index in [1.807, 2.05) is 12.1 Å². The van der Waals surface area contributed by atoms with Crippen LogP contribution in [0.2, 0.25) is 0 Å². The molecule has 0 aromatic carbocycles. The van der Waals surface area contributed by atoms with Gasteiger partial charge in [-0.1, -0.05) is 0 Å². The van der Waals surface area contributed by atoms with Gasteiger partial charge in [0.25, 0.3) is 0 Å². The summed E-state index contributed by atoms with van der Waals surface area (Å²) in [5.74, 6) is 2.25. The van der Waals surface area contributed by atoms with Gasteiger partial charge in [0.05, 0.1) is 17.1 Å². The zero-order valence-electron chi connectivity index (χ0n) is 9.20. The van der Waals surface area contributed by atoms with Crippen LogP contribution in [0.3, 0.4) is 0 Å². The summed E-state index contributed by atoms with van der Waals surface area (Å²) in [5, 5.41) is 28.6. The maximum atomic E-state index is 10.4. The maximum absolute atomic E-state index is 10.4. The van der Waals surface area contributed by atoms with Crippen LogP contribution in [0.5, 0.6) is 0 Å². The van der Waals surface area contributed by atoms with Crippen molar-refractivity contribution in [3.63, 3.8) is 0 Å². The fourth-order valence-electron chi connectivity index (χ4n) is 1.24. The Labute approximate surface area is 103 Å². The van der Waals surface area contributed by atoms with E-state index in [-0.39, 0.29) is 24.4 Å². The fraction of sp³-hybridized carbons (Fsp3) is 0.273. The third kappa shape index (κ3) is 2.40. The summed E-state index contributed by atoms with van der Waals surface area (Å²) >= 11 is 0. The van der Waals surface area contributed by atoms with Crippen LogP contribution >= 0.6 is 0 Å². The maximum Gasteiger partial charge on any atom is 0.305 e. The van der Waals surface area contributed by atoms with E-state index in [1.165, 1.54) is 0 Å². The molecule has 18 heavy (non-hydrogen) atoms. The Morgan fingerprint density at radius 2 is 1.94 bits per heavy atom. The Morgan fingerprint density at radius 3 is 2.33 bits per heavy atom. The Kier molecular flexibility index (Phi) is 3.91. The quantitative estimate of drug-likeness (QED) is 0.442. The molecule has 0 radical (unpaired) electrons. The number of rotatable bonds is 4. The van der Waals surface area contributed by atoms with E-state index in [1.54, 1.807) is 0 Å². The molecular weight excluding hydrogens is 234 g/mol. The molecule has 0 fully saturated rings. The largest absolute Gasteiger partial charge is 0.305 e. The van der Waals surface area contributed by atoms with Gasteiger partial charge in [-0.2, -0.15) is 10.5 Å². The Bertz CT molecular complexity index is 559. The highest BCUT2D eigenvalue weighted by molar-refractivity contribution is 5.34. The smallest absolute Gasteiger partial charge is 0.258 e. The first-order valence-electron chi connectivity index (χ1n) is 4.82. The van der Waals surface area contributed by atoms with Crippen molar-refractivity contribution in [2.24, 2.45) is 0 Å². The van der Waals surface area contributed by atoms with Crippen molar-refractivity contribution in [3.05, 3.63) is 28.3 Å². The van der Waals surface area contributed by atoms with E-state index in [2.05, 4.69) is 15.9 Å². The van der Waals surface area contributed by atoms with Gasteiger partial charge in [0.15, 0.2) is 5.82 Å². The number of terminal acetylenes is 1. The lowest BCUT2D eigenvalue weighted by molar-refractivity contribution is -0.385. The van der Waals surface area contributed by atoms with Crippen molar-refractivity contribution in [1.82, 2.24) is 9.97 Å². The van der Waals surface area contributed by atoms with Crippen LogP contribution in [-0.4, -0.2) is 14.9 Å². The molecule has 0 unspecified atom stereocenters. The van der Waals surface area contributed by atoms with Gasteiger partial charge in [-0.15, -0.1) is 12.3 Å². The highest BCUT2D eigenvalue weighted by atomic mass is 16.6. The highest BCUT2D eigenvalue weighted by Gasteiger charge is 2.35. The monoisotopic (exact) mass is 241 g/mol. The molecule has 1 aromatic rings. The second kappa shape index (κ2) is 5.38. The van der Waals surface area contributed by atoms with E-state index < -0.39 is 10.3 Å². The van der Waals surface area contributed by atoms with Crippen LogP contribution in [0.25, 0.3) is 0 Å². The molecule has 0 spiro atoms. The standard InChI is InChI=1S/C11H7N5O2/c1-2-3-4-11(7-12,8-13)10-14-5-9(6-15-10)16(17)18/h1,5-6H,3-4H2. The highest BCUT2D eigenvalue weighted by Crippen LogP contribution is 2.25. The molecule has 1 rings (SSSR count). The third-order valence-electron chi connectivity index (χ3n) is 2.26. The molecule has 1 heterocycles. The van der Waals surface area contributed by atoms with E-state index in [9.17, 15) is 10.1 Å². The number of hydrogen-bond donors (Lipinski definition) is 0. The second-order valence-corrected chi connectivity index (χ2v) is 3.36. The minimum Gasteiger partial charge on any atom is -0.258 e. The van der Waals surface area contributed by atoms with Crippen molar-refractivity contribution in [2.75, 3.05) is 0 Å². The van der Waals surface area contributed by atoms with Crippen molar-refractivity contribution >= 4 is 5.69 Å². The Hall–Kier alpha value is -2.98. The lowest BCUT2D eigenvalue weighted by Gasteiger charge is -2.14. The molecule has 0 amide bonds.